The lowest BCUT2D eigenvalue weighted by Gasteiger charge is -2.12. The van der Waals surface area contributed by atoms with Crippen LogP contribution < -0.4 is 5.32 Å². The summed E-state index contributed by atoms with van der Waals surface area (Å²) in [5.41, 5.74) is 1.61. The van der Waals surface area contributed by atoms with Gasteiger partial charge in [-0.15, -0.1) is 0 Å². The predicted molar refractivity (Wildman–Crippen MR) is 103 cm³/mol. The molecule has 0 bridgehead atoms. The second kappa shape index (κ2) is 8.31. The van der Waals surface area contributed by atoms with Crippen LogP contribution in [0, 0.1) is 0 Å². The summed E-state index contributed by atoms with van der Waals surface area (Å²) in [5.74, 6) is -0.875. The van der Waals surface area contributed by atoms with Crippen molar-refractivity contribution < 1.29 is 14.4 Å². The van der Waals surface area contributed by atoms with Crippen molar-refractivity contribution in [3.05, 3.63) is 83.3 Å². The number of allylic oxidation sites excluding steroid dienone is 2. The Bertz CT molecular complexity index is 876. The van der Waals surface area contributed by atoms with E-state index in [4.69, 9.17) is 0 Å². The Morgan fingerprint density at radius 1 is 1.00 bits per heavy atom. The van der Waals surface area contributed by atoms with Gasteiger partial charge in [0.25, 0.3) is 11.1 Å². The van der Waals surface area contributed by atoms with Crippen LogP contribution in [0.1, 0.15) is 5.56 Å². The molecule has 0 atom stereocenters. The number of hydrogen-bond donors (Lipinski definition) is 1. The summed E-state index contributed by atoms with van der Waals surface area (Å²) in [6, 6.07) is 18.5. The molecule has 26 heavy (non-hydrogen) atoms. The van der Waals surface area contributed by atoms with Crippen molar-refractivity contribution in [2.75, 3.05) is 11.9 Å². The molecule has 0 aromatic heterocycles. The first-order valence-electron chi connectivity index (χ1n) is 7.95. The smallest absolute Gasteiger partial charge is 0.294 e. The van der Waals surface area contributed by atoms with E-state index in [1.54, 1.807) is 36.4 Å². The minimum Gasteiger partial charge on any atom is -0.325 e. The fourth-order valence-electron chi connectivity index (χ4n) is 2.33. The molecule has 0 radical (unpaired) electrons. The molecule has 3 amide bonds. The minimum atomic E-state index is -0.457. The highest BCUT2D eigenvalue weighted by Gasteiger charge is 2.35. The van der Waals surface area contributed by atoms with Crippen molar-refractivity contribution >= 4 is 40.6 Å². The Morgan fingerprint density at radius 2 is 1.65 bits per heavy atom. The van der Waals surface area contributed by atoms with Crippen molar-refractivity contribution in [1.82, 2.24) is 4.90 Å². The Balaban J connectivity index is 1.62. The van der Waals surface area contributed by atoms with Crippen molar-refractivity contribution in [2.45, 2.75) is 0 Å². The van der Waals surface area contributed by atoms with Crippen molar-refractivity contribution in [2.24, 2.45) is 0 Å². The zero-order valence-corrected chi connectivity index (χ0v) is 14.6. The van der Waals surface area contributed by atoms with Crippen LogP contribution in [0.25, 0.3) is 6.08 Å². The molecule has 3 rings (SSSR count). The Kier molecular flexibility index (Phi) is 5.66. The summed E-state index contributed by atoms with van der Waals surface area (Å²) >= 11 is 0.833. The van der Waals surface area contributed by atoms with Gasteiger partial charge in [-0.25, -0.2) is 0 Å². The van der Waals surface area contributed by atoms with Crippen LogP contribution in [0.4, 0.5) is 10.5 Å². The fourth-order valence-corrected chi connectivity index (χ4v) is 3.12. The van der Waals surface area contributed by atoms with Gasteiger partial charge in [-0.1, -0.05) is 60.7 Å². The molecule has 2 aromatic carbocycles. The SMILES string of the molecule is O=C(CN1C(=O)S/C(=C/C=C\c2ccccc2)C1=O)Nc1ccccc1. The maximum Gasteiger partial charge on any atom is 0.294 e. The number of amides is 3. The van der Waals surface area contributed by atoms with Crippen molar-refractivity contribution in [3.63, 3.8) is 0 Å². The number of nitrogens with one attached hydrogen (secondary N) is 1. The molecule has 0 aliphatic carbocycles. The summed E-state index contributed by atoms with van der Waals surface area (Å²) in [6.45, 7) is -0.306. The summed E-state index contributed by atoms with van der Waals surface area (Å²) in [6.07, 6.45) is 5.15. The molecule has 1 fully saturated rings. The first kappa shape index (κ1) is 17.7. The fraction of sp³-hybridized carbons (Fsp3) is 0.0500. The van der Waals surface area contributed by atoms with E-state index in [0.29, 0.717) is 10.6 Å². The number of carbonyl (C=O) groups is 3. The molecule has 0 saturated carbocycles. The average molecular weight is 364 g/mol. The molecule has 1 saturated heterocycles. The van der Waals surface area contributed by atoms with Gasteiger partial charge in [0.05, 0.1) is 4.91 Å². The van der Waals surface area contributed by atoms with Gasteiger partial charge < -0.3 is 5.32 Å². The molecular formula is C20H16N2O3S. The second-order valence-electron chi connectivity index (χ2n) is 5.47. The standard InChI is InChI=1S/C20H16N2O3S/c23-18(21-16-11-5-2-6-12-16)14-22-19(24)17(26-20(22)25)13-7-10-15-8-3-1-4-9-15/h1-13H,14H2,(H,21,23)/b10-7-,17-13+. The van der Waals surface area contributed by atoms with Gasteiger partial charge in [0.1, 0.15) is 6.54 Å². The molecule has 0 unspecified atom stereocenters. The Hall–Kier alpha value is -3.12. The second-order valence-corrected chi connectivity index (χ2v) is 6.47. The summed E-state index contributed by atoms with van der Waals surface area (Å²) < 4.78 is 0. The number of thioether (sulfide) groups is 1. The third-order valence-electron chi connectivity index (χ3n) is 3.57. The molecular weight excluding hydrogens is 348 g/mol. The van der Waals surface area contributed by atoms with Crippen LogP contribution in [-0.2, 0) is 9.59 Å². The topological polar surface area (TPSA) is 66.5 Å². The molecule has 130 valence electrons. The molecule has 2 aromatic rings. The van der Waals surface area contributed by atoms with Crippen LogP contribution in [0.3, 0.4) is 0 Å². The highest BCUT2D eigenvalue weighted by atomic mass is 32.2. The lowest BCUT2D eigenvalue weighted by Crippen LogP contribution is -2.36. The van der Waals surface area contributed by atoms with Gasteiger partial charge in [0, 0.05) is 5.69 Å². The number of para-hydroxylation sites is 1. The number of nitrogens with zero attached hydrogens (tertiary/aromatic N) is 1. The van der Waals surface area contributed by atoms with Crippen LogP contribution in [0.5, 0.6) is 0 Å². The van der Waals surface area contributed by atoms with E-state index in [1.165, 1.54) is 0 Å². The normalized spacial score (nSPS) is 15.8. The quantitative estimate of drug-likeness (QED) is 0.817. The maximum atomic E-state index is 12.3. The predicted octanol–water partition coefficient (Wildman–Crippen LogP) is 3.92. The van der Waals surface area contributed by atoms with Gasteiger partial charge in [-0.2, -0.15) is 0 Å². The highest BCUT2D eigenvalue weighted by Crippen LogP contribution is 2.30. The van der Waals surface area contributed by atoms with E-state index in [2.05, 4.69) is 5.32 Å². The molecule has 5 nitrogen and oxygen atoms in total. The van der Waals surface area contributed by atoms with Crippen LogP contribution in [0.2, 0.25) is 0 Å². The van der Waals surface area contributed by atoms with Crippen LogP contribution in [0.15, 0.2) is 77.7 Å². The van der Waals surface area contributed by atoms with Gasteiger partial charge in [0.2, 0.25) is 5.91 Å². The van der Waals surface area contributed by atoms with Crippen molar-refractivity contribution in [3.8, 4) is 0 Å². The summed E-state index contributed by atoms with van der Waals surface area (Å²) in [4.78, 5) is 37.7. The number of rotatable bonds is 5. The summed E-state index contributed by atoms with van der Waals surface area (Å²) in [5, 5.41) is 2.21. The van der Waals surface area contributed by atoms with E-state index in [0.717, 1.165) is 22.2 Å². The number of benzene rings is 2. The third-order valence-corrected chi connectivity index (χ3v) is 4.49. The van der Waals surface area contributed by atoms with Gasteiger partial charge in [-0.3, -0.25) is 19.3 Å². The molecule has 0 spiro atoms. The monoisotopic (exact) mass is 364 g/mol. The Morgan fingerprint density at radius 3 is 2.35 bits per heavy atom. The average Bonchev–Trinajstić information content (AvgIpc) is 2.91. The molecule has 1 N–H and O–H groups in total. The number of anilines is 1. The largest absolute Gasteiger partial charge is 0.325 e. The zero-order chi connectivity index (χ0) is 18.4. The summed E-state index contributed by atoms with van der Waals surface area (Å²) in [7, 11) is 0. The zero-order valence-electron chi connectivity index (χ0n) is 13.8. The minimum absolute atomic E-state index is 0.301. The lowest BCUT2D eigenvalue weighted by molar-refractivity contribution is -0.127. The number of imide groups is 1. The lowest BCUT2D eigenvalue weighted by atomic mass is 10.2. The van der Waals surface area contributed by atoms with E-state index < -0.39 is 17.1 Å². The molecule has 1 aliphatic heterocycles. The van der Waals surface area contributed by atoms with Crippen LogP contribution >= 0.6 is 11.8 Å². The molecule has 1 aliphatic rings. The number of carbonyl (C=O) groups excluding carboxylic acids is 3. The third kappa shape index (κ3) is 4.49. The van der Waals surface area contributed by atoms with Gasteiger partial charge in [0.15, 0.2) is 0 Å². The highest BCUT2D eigenvalue weighted by molar-refractivity contribution is 8.18. The maximum absolute atomic E-state index is 12.3. The van der Waals surface area contributed by atoms with Gasteiger partial charge in [-0.05, 0) is 35.5 Å². The first-order chi connectivity index (χ1) is 12.6. The van der Waals surface area contributed by atoms with E-state index in [-0.39, 0.29) is 6.54 Å². The van der Waals surface area contributed by atoms with E-state index in [1.807, 2.05) is 42.5 Å². The first-order valence-corrected chi connectivity index (χ1v) is 8.77. The van der Waals surface area contributed by atoms with E-state index in [9.17, 15) is 14.4 Å². The van der Waals surface area contributed by atoms with E-state index >= 15 is 0 Å². The van der Waals surface area contributed by atoms with Crippen LogP contribution in [-0.4, -0.2) is 28.5 Å². The van der Waals surface area contributed by atoms with Crippen molar-refractivity contribution in [1.29, 1.82) is 0 Å². The number of hydrogen-bond acceptors (Lipinski definition) is 4. The van der Waals surface area contributed by atoms with Gasteiger partial charge >= 0.3 is 0 Å². The molecule has 1 heterocycles. The molecule has 6 heteroatoms. The Labute approximate surface area is 155 Å².